The summed E-state index contributed by atoms with van der Waals surface area (Å²) in [6, 6.07) is 0.401. The molecule has 0 aromatic carbocycles. The minimum atomic E-state index is 0.256. The quantitative estimate of drug-likeness (QED) is 0.878. The Hall–Kier alpha value is -0.450. The zero-order valence-electron chi connectivity index (χ0n) is 10.2. The Bertz CT molecular complexity index is 345. The lowest BCUT2D eigenvalue weighted by molar-refractivity contribution is 0.111. The van der Waals surface area contributed by atoms with Gasteiger partial charge in [-0.1, -0.05) is 6.92 Å². The average molecular weight is 240 g/mol. The van der Waals surface area contributed by atoms with E-state index in [1.165, 1.54) is 11.3 Å². The van der Waals surface area contributed by atoms with Gasteiger partial charge in [0.15, 0.2) is 0 Å². The maximum atomic E-state index is 5.67. The van der Waals surface area contributed by atoms with E-state index < -0.39 is 0 Å². The van der Waals surface area contributed by atoms with Gasteiger partial charge in [-0.25, -0.2) is 4.98 Å². The Labute approximate surface area is 101 Å². The average Bonchev–Trinajstić information content (AvgIpc) is 2.86. The van der Waals surface area contributed by atoms with Gasteiger partial charge in [0.1, 0.15) is 11.1 Å². The van der Waals surface area contributed by atoms with Gasteiger partial charge < -0.3 is 10.1 Å². The van der Waals surface area contributed by atoms with Crippen molar-refractivity contribution in [3.63, 3.8) is 0 Å². The summed E-state index contributed by atoms with van der Waals surface area (Å²) in [7, 11) is 0. The second-order valence-electron chi connectivity index (χ2n) is 4.28. The summed E-state index contributed by atoms with van der Waals surface area (Å²) >= 11 is 1.81. The third kappa shape index (κ3) is 2.44. The number of hydrogen-bond donors (Lipinski definition) is 1. The Kier molecular flexibility index (Phi) is 3.95. The molecule has 1 aliphatic rings. The third-order valence-corrected chi connectivity index (χ3v) is 4.39. The Morgan fingerprint density at radius 1 is 1.62 bits per heavy atom. The predicted octanol–water partition coefficient (Wildman–Crippen LogP) is 2.97. The van der Waals surface area contributed by atoms with E-state index in [0.717, 1.165) is 30.3 Å². The van der Waals surface area contributed by atoms with Crippen molar-refractivity contribution >= 4 is 11.3 Å². The lowest BCUT2D eigenvalue weighted by Crippen LogP contribution is -2.17. The van der Waals surface area contributed by atoms with Gasteiger partial charge in [-0.05, 0) is 33.2 Å². The van der Waals surface area contributed by atoms with E-state index in [2.05, 4.69) is 31.1 Å². The molecule has 0 spiro atoms. The minimum Gasteiger partial charge on any atom is -0.371 e. The highest BCUT2D eigenvalue weighted by Crippen LogP contribution is 2.34. The van der Waals surface area contributed by atoms with Crippen LogP contribution in [0.25, 0.3) is 0 Å². The molecule has 16 heavy (non-hydrogen) atoms. The first-order chi connectivity index (χ1) is 7.72. The molecule has 0 aliphatic carbocycles. The summed E-state index contributed by atoms with van der Waals surface area (Å²) in [5, 5.41) is 4.60. The largest absolute Gasteiger partial charge is 0.371 e. The number of nitrogens with one attached hydrogen (secondary N) is 1. The summed E-state index contributed by atoms with van der Waals surface area (Å²) in [5.41, 5.74) is 1.16. The number of nitrogens with zero attached hydrogens (tertiary/aromatic N) is 1. The number of rotatable bonds is 4. The van der Waals surface area contributed by atoms with E-state index in [4.69, 9.17) is 4.74 Å². The maximum absolute atomic E-state index is 5.67. The summed E-state index contributed by atoms with van der Waals surface area (Å²) < 4.78 is 5.67. The summed E-state index contributed by atoms with van der Waals surface area (Å²) in [6.07, 6.45) is 2.55. The third-order valence-electron chi connectivity index (χ3n) is 2.96. The van der Waals surface area contributed by atoms with E-state index in [1.54, 1.807) is 11.3 Å². The molecule has 2 rings (SSSR count). The molecule has 0 bridgehead atoms. The minimum absolute atomic E-state index is 0.256. The van der Waals surface area contributed by atoms with Crippen molar-refractivity contribution in [1.82, 2.24) is 10.3 Å². The molecule has 1 aromatic rings. The van der Waals surface area contributed by atoms with Crippen molar-refractivity contribution in [2.24, 2.45) is 0 Å². The summed E-state index contributed by atoms with van der Waals surface area (Å²) in [4.78, 5) is 6.00. The van der Waals surface area contributed by atoms with Crippen LogP contribution < -0.4 is 5.32 Å². The summed E-state index contributed by atoms with van der Waals surface area (Å²) in [6.45, 7) is 8.31. The number of aryl methyl sites for hydroxylation is 1. The van der Waals surface area contributed by atoms with Crippen LogP contribution in [-0.2, 0) is 4.74 Å². The molecule has 1 aromatic heterocycles. The Morgan fingerprint density at radius 3 is 3.06 bits per heavy atom. The molecule has 1 aliphatic heterocycles. The molecule has 90 valence electrons. The van der Waals surface area contributed by atoms with E-state index >= 15 is 0 Å². The molecule has 4 heteroatoms. The second kappa shape index (κ2) is 5.25. The van der Waals surface area contributed by atoms with Crippen molar-refractivity contribution in [2.45, 2.75) is 45.8 Å². The SMILES string of the molecule is CCNC(C)c1sc(C2CCCO2)nc1C. The van der Waals surface area contributed by atoms with Crippen molar-refractivity contribution in [3.8, 4) is 0 Å². The molecule has 1 N–H and O–H groups in total. The van der Waals surface area contributed by atoms with Gasteiger partial charge in [0.05, 0.1) is 5.69 Å². The van der Waals surface area contributed by atoms with E-state index in [9.17, 15) is 0 Å². The van der Waals surface area contributed by atoms with Crippen LogP contribution in [0.3, 0.4) is 0 Å². The molecule has 1 saturated heterocycles. The number of ether oxygens (including phenoxy) is 1. The Morgan fingerprint density at radius 2 is 2.44 bits per heavy atom. The normalized spacial score (nSPS) is 22.6. The predicted molar refractivity (Wildman–Crippen MR) is 66.9 cm³/mol. The zero-order chi connectivity index (χ0) is 11.5. The fourth-order valence-corrected chi connectivity index (χ4v) is 3.32. The Balaban J connectivity index is 2.14. The van der Waals surface area contributed by atoms with Crippen LogP contribution >= 0.6 is 11.3 Å². The smallest absolute Gasteiger partial charge is 0.122 e. The number of hydrogen-bond acceptors (Lipinski definition) is 4. The molecule has 0 amide bonds. The number of aromatic nitrogens is 1. The lowest BCUT2D eigenvalue weighted by atomic mass is 10.2. The second-order valence-corrected chi connectivity index (χ2v) is 5.35. The number of thiazole rings is 1. The van der Waals surface area contributed by atoms with Crippen molar-refractivity contribution in [3.05, 3.63) is 15.6 Å². The van der Waals surface area contributed by atoms with E-state index in [1.807, 2.05) is 0 Å². The van der Waals surface area contributed by atoms with Crippen LogP contribution in [0.1, 0.15) is 54.4 Å². The molecule has 0 radical (unpaired) electrons. The standard InChI is InChI=1S/C12H20N2OS/c1-4-13-8(2)11-9(3)14-12(16-11)10-6-5-7-15-10/h8,10,13H,4-7H2,1-3H3. The fourth-order valence-electron chi connectivity index (χ4n) is 2.14. The van der Waals surface area contributed by atoms with Crippen LogP contribution in [0.15, 0.2) is 0 Å². The van der Waals surface area contributed by atoms with Crippen LogP contribution in [0.2, 0.25) is 0 Å². The van der Waals surface area contributed by atoms with Crippen LogP contribution in [0, 0.1) is 6.92 Å². The topological polar surface area (TPSA) is 34.1 Å². The van der Waals surface area contributed by atoms with Gasteiger partial charge in [-0.15, -0.1) is 11.3 Å². The first kappa shape index (κ1) is 12.0. The highest BCUT2D eigenvalue weighted by molar-refractivity contribution is 7.11. The van der Waals surface area contributed by atoms with E-state index in [-0.39, 0.29) is 6.10 Å². The van der Waals surface area contributed by atoms with Crippen molar-refractivity contribution in [2.75, 3.05) is 13.2 Å². The molecule has 2 unspecified atom stereocenters. The first-order valence-electron chi connectivity index (χ1n) is 6.04. The van der Waals surface area contributed by atoms with Crippen LogP contribution in [0.5, 0.6) is 0 Å². The molecule has 2 heterocycles. The van der Waals surface area contributed by atoms with Gasteiger partial charge in [0.25, 0.3) is 0 Å². The highest BCUT2D eigenvalue weighted by Gasteiger charge is 2.23. The molecule has 2 atom stereocenters. The molecule has 1 fully saturated rings. The van der Waals surface area contributed by atoms with Crippen LogP contribution in [0.4, 0.5) is 0 Å². The van der Waals surface area contributed by atoms with Gasteiger partial charge in [0, 0.05) is 17.5 Å². The highest BCUT2D eigenvalue weighted by atomic mass is 32.1. The van der Waals surface area contributed by atoms with Gasteiger partial charge >= 0.3 is 0 Å². The molecular weight excluding hydrogens is 220 g/mol. The summed E-state index contributed by atoms with van der Waals surface area (Å²) in [5.74, 6) is 0. The molecule has 0 saturated carbocycles. The first-order valence-corrected chi connectivity index (χ1v) is 6.86. The van der Waals surface area contributed by atoms with Crippen molar-refractivity contribution < 1.29 is 4.74 Å². The van der Waals surface area contributed by atoms with Crippen LogP contribution in [-0.4, -0.2) is 18.1 Å². The maximum Gasteiger partial charge on any atom is 0.122 e. The zero-order valence-corrected chi connectivity index (χ0v) is 11.1. The van der Waals surface area contributed by atoms with E-state index in [0.29, 0.717) is 6.04 Å². The molecular formula is C12H20N2OS. The van der Waals surface area contributed by atoms with Crippen molar-refractivity contribution in [1.29, 1.82) is 0 Å². The monoisotopic (exact) mass is 240 g/mol. The van der Waals surface area contributed by atoms with Gasteiger partial charge in [0.2, 0.25) is 0 Å². The van der Waals surface area contributed by atoms with Gasteiger partial charge in [-0.3, -0.25) is 0 Å². The fraction of sp³-hybridized carbons (Fsp3) is 0.750. The van der Waals surface area contributed by atoms with Gasteiger partial charge in [-0.2, -0.15) is 0 Å². The lowest BCUT2D eigenvalue weighted by Gasteiger charge is -2.10. The molecule has 3 nitrogen and oxygen atoms in total.